The Kier molecular flexibility index (Phi) is 6.29. The molecule has 0 bridgehead atoms. The van der Waals surface area contributed by atoms with Crippen molar-refractivity contribution in [3.05, 3.63) is 69.5 Å². The van der Waals surface area contributed by atoms with Crippen LogP contribution >= 0.6 is 0 Å². The number of aldehydes is 1. The maximum Gasteiger partial charge on any atom is 0.265 e. The Morgan fingerprint density at radius 3 is 2.45 bits per heavy atom. The average Bonchev–Trinajstić information content (AvgIpc) is 3.56. The highest BCUT2D eigenvalue weighted by Gasteiger charge is 2.50. The van der Waals surface area contributed by atoms with Crippen molar-refractivity contribution in [3.8, 4) is 0 Å². The maximum atomic E-state index is 12.6. The van der Waals surface area contributed by atoms with Gasteiger partial charge in [0.25, 0.3) is 11.5 Å². The zero-order valence-electron chi connectivity index (χ0n) is 19.0. The van der Waals surface area contributed by atoms with Gasteiger partial charge in [0.05, 0.1) is 6.54 Å². The molecule has 1 spiro atoms. The predicted octanol–water partition coefficient (Wildman–Crippen LogP) is 2.13. The summed E-state index contributed by atoms with van der Waals surface area (Å²) >= 11 is 0. The molecular formula is C25H29N5O3. The first-order valence-electron chi connectivity index (χ1n) is 11.1. The van der Waals surface area contributed by atoms with Crippen LogP contribution in [-0.2, 0) is 17.9 Å². The normalized spacial score (nSPS) is 15.9. The summed E-state index contributed by atoms with van der Waals surface area (Å²) in [5.41, 5.74) is 8.23. The Bertz CT molecular complexity index is 1240. The Hall–Kier alpha value is -3.52. The van der Waals surface area contributed by atoms with Crippen LogP contribution in [0.2, 0.25) is 0 Å². The van der Waals surface area contributed by atoms with Gasteiger partial charge in [-0.15, -0.1) is 0 Å². The average molecular weight is 448 g/mol. The molecule has 8 nitrogen and oxygen atoms in total. The first-order chi connectivity index (χ1) is 15.8. The summed E-state index contributed by atoms with van der Waals surface area (Å²) in [5.74, 6) is -0.276. The zero-order chi connectivity index (χ0) is 23.6. The molecule has 1 saturated heterocycles. The zero-order valence-corrected chi connectivity index (χ0v) is 19.0. The predicted molar refractivity (Wildman–Crippen MR) is 128 cm³/mol. The first kappa shape index (κ1) is 22.7. The van der Waals surface area contributed by atoms with Crippen molar-refractivity contribution >= 4 is 29.0 Å². The summed E-state index contributed by atoms with van der Waals surface area (Å²) in [5, 5.41) is 3.29. The molecule has 0 unspecified atom stereocenters. The van der Waals surface area contributed by atoms with Gasteiger partial charge >= 0.3 is 0 Å². The van der Waals surface area contributed by atoms with Gasteiger partial charge in [-0.1, -0.05) is 29.8 Å². The van der Waals surface area contributed by atoms with Crippen molar-refractivity contribution in [1.29, 1.82) is 0 Å². The molecule has 3 aromatic rings. The van der Waals surface area contributed by atoms with Crippen molar-refractivity contribution in [2.24, 2.45) is 5.41 Å². The smallest absolute Gasteiger partial charge is 0.265 e. The molecule has 1 saturated carbocycles. The number of nitrogens with zero attached hydrogens (tertiary/aromatic N) is 3. The van der Waals surface area contributed by atoms with Gasteiger partial charge in [0.15, 0.2) is 0 Å². The van der Waals surface area contributed by atoms with E-state index in [0.29, 0.717) is 18.2 Å². The third kappa shape index (κ3) is 5.12. The molecule has 1 aromatic carbocycles. The number of rotatable bonds is 5. The summed E-state index contributed by atoms with van der Waals surface area (Å²) in [4.78, 5) is 42.6. The van der Waals surface area contributed by atoms with E-state index in [0.717, 1.165) is 21.1 Å². The molecule has 3 heterocycles. The van der Waals surface area contributed by atoms with Gasteiger partial charge in [0.2, 0.25) is 0 Å². The highest BCUT2D eigenvalue weighted by atomic mass is 16.2. The second-order valence-corrected chi connectivity index (χ2v) is 9.13. The molecule has 2 aliphatic rings. The van der Waals surface area contributed by atoms with Crippen LogP contribution in [0, 0.1) is 12.3 Å². The molecule has 1 amide bonds. The summed E-state index contributed by atoms with van der Waals surface area (Å²) in [6.07, 6.45) is 3.61. The van der Waals surface area contributed by atoms with Gasteiger partial charge in [-0.3, -0.25) is 14.2 Å². The van der Waals surface area contributed by atoms with E-state index in [4.69, 9.17) is 5.73 Å². The minimum Gasteiger partial charge on any atom is -0.384 e. The number of fused-ring (bicyclic) bond motifs is 1. The largest absolute Gasteiger partial charge is 0.384 e. The van der Waals surface area contributed by atoms with Gasteiger partial charge in [-0.2, -0.15) is 0 Å². The fraction of sp³-hybridized carbons (Fsp3) is 0.360. The minimum atomic E-state index is -0.580. The van der Waals surface area contributed by atoms with E-state index in [1.165, 1.54) is 32.0 Å². The number of aromatic nitrogens is 2. The number of hydrogen-bond acceptors (Lipinski definition) is 6. The maximum absolute atomic E-state index is 12.6. The number of pyridine rings is 2. The van der Waals surface area contributed by atoms with E-state index < -0.39 is 11.5 Å². The monoisotopic (exact) mass is 447 g/mol. The first-order valence-corrected chi connectivity index (χ1v) is 11.1. The molecule has 1 aliphatic heterocycles. The van der Waals surface area contributed by atoms with Crippen molar-refractivity contribution < 1.29 is 9.59 Å². The van der Waals surface area contributed by atoms with Gasteiger partial charge in [-0.05, 0) is 56.0 Å². The van der Waals surface area contributed by atoms with Crippen LogP contribution < -0.4 is 16.6 Å². The third-order valence-electron chi connectivity index (χ3n) is 6.20. The number of likely N-dealkylation sites (tertiary alicyclic amines) is 1. The lowest BCUT2D eigenvalue weighted by molar-refractivity contribution is -0.108. The van der Waals surface area contributed by atoms with Gasteiger partial charge in [-0.25, -0.2) is 4.98 Å². The lowest BCUT2D eigenvalue weighted by Gasteiger charge is -2.36. The molecule has 2 fully saturated rings. The van der Waals surface area contributed by atoms with E-state index in [9.17, 15) is 14.4 Å². The van der Waals surface area contributed by atoms with Crippen LogP contribution in [0.15, 0.2) is 47.3 Å². The lowest BCUT2D eigenvalue weighted by Crippen LogP contribution is -2.45. The van der Waals surface area contributed by atoms with E-state index >= 15 is 0 Å². The van der Waals surface area contributed by atoms with Crippen molar-refractivity contribution in [3.63, 3.8) is 0 Å². The van der Waals surface area contributed by atoms with Crippen molar-refractivity contribution in [1.82, 2.24) is 19.8 Å². The van der Waals surface area contributed by atoms with Gasteiger partial charge in [0.1, 0.15) is 23.3 Å². The topological polar surface area (TPSA) is 110 Å². The highest BCUT2D eigenvalue weighted by molar-refractivity contribution is 5.97. The number of nitrogens with two attached hydrogens (primary N) is 1. The lowest BCUT2D eigenvalue weighted by atomic mass is 9.98. The number of nitrogen functional groups attached to an aromatic ring is 1. The Balaban J connectivity index is 0.000000310. The van der Waals surface area contributed by atoms with Crippen molar-refractivity contribution in [2.75, 3.05) is 25.9 Å². The molecule has 0 atom stereocenters. The molecular weight excluding hydrogens is 418 g/mol. The molecule has 33 heavy (non-hydrogen) atoms. The third-order valence-corrected chi connectivity index (χ3v) is 6.20. The number of anilines is 1. The minimum absolute atomic E-state index is 0.0435. The fourth-order valence-electron chi connectivity index (χ4n) is 4.24. The summed E-state index contributed by atoms with van der Waals surface area (Å²) in [6, 6.07) is 12.4. The van der Waals surface area contributed by atoms with E-state index in [2.05, 4.69) is 22.2 Å². The summed E-state index contributed by atoms with van der Waals surface area (Å²) < 4.78 is 1.15. The number of amides is 1. The SMILES string of the molecule is CN1CC2(CC2)C1.Cc1ccc(CNC(=O)c2cc3ccc(N)nc3n(CC=O)c2=O)cc1. The molecule has 1 aliphatic carbocycles. The Morgan fingerprint density at radius 1 is 1.18 bits per heavy atom. The van der Waals surface area contributed by atoms with E-state index in [-0.39, 0.29) is 23.6 Å². The van der Waals surface area contributed by atoms with Gasteiger partial charge < -0.3 is 20.7 Å². The number of benzene rings is 1. The molecule has 0 radical (unpaired) electrons. The van der Waals surface area contributed by atoms with Crippen LogP contribution in [0.1, 0.15) is 34.3 Å². The molecule has 172 valence electrons. The molecule has 2 aromatic heterocycles. The quantitative estimate of drug-likeness (QED) is 0.580. The summed E-state index contributed by atoms with van der Waals surface area (Å²) in [7, 11) is 2.20. The van der Waals surface area contributed by atoms with Crippen LogP contribution in [0.25, 0.3) is 11.0 Å². The van der Waals surface area contributed by atoms with Crippen LogP contribution in [0.5, 0.6) is 0 Å². The summed E-state index contributed by atoms with van der Waals surface area (Å²) in [6.45, 7) is 4.84. The Labute approximate surface area is 192 Å². The van der Waals surface area contributed by atoms with Crippen LogP contribution in [-0.4, -0.2) is 46.8 Å². The van der Waals surface area contributed by atoms with Crippen LogP contribution in [0.3, 0.4) is 0 Å². The van der Waals surface area contributed by atoms with Gasteiger partial charge in [0, 0.05) is 25.0 Å². The number of aryl methyl sites for hydroxylation is 1. The second-order valence-electron chi connectivity index (χ2n) is 9.13. The molecule has 5 rings (SSSR count). The van der Waals surface area contributed by atoms with E-state index in [1.807, 2.05) is 31.2 Å². The number of carbonyl (C=O) groups excluding carboxylic acids is 2. The number of hydrogen-bond donors (Lipinski definition) is 2. The second kappa shape index (κ2) is 9.15. The number of nitrogens with one attached hydrogen (secondary N) is 1. The van der Waals surface area contributed by atoms with Crippen LogP contribution in [0.4, 0.5) is 5.82 Å². The number of carbonyl (C=O) groups is 2. The highest BCUT2D eigenvalue weighted by Crippen LogP contribution is 2.52. The standard InChI is InChI=1S/C19H18N4O3.C6H11N/c1-12-2-4-13(5-3-12)11-21-18(25)15-10-14-6-7-16(20)22-17(14)23(8-9-24)19(15)26;1-7-4-6(5-7)2-3-6/h2-7,9-10H,8,11H2,1H3,(H2,20,22)(H,21,25);2-5H2,1H3. The fourth-order valence-corrected chi connectivity index (χ4v) is 4.24. The van der Waals surface area contributed by atoms with Crippen molar-refractivity contribution in [2.45, 2.75) is 32.9 Å². The molecule has 3 N–H and O–H groups in total. The Morgan fingerprint density at radius 2 is 1.88 bits per heavy atom. The molecule has 8 heteroatoms. The van der Waals surface area contributed by atoms with E-state index in [1.54, 1.807) is 12.1 Å².